The van der Waals surface area contributed by atoms with Gasteiger partial charge in [0.15, 0.2) is 5.17 Å². The van der Waals surface area contributed by atoms with Crippen LogP contribution in [0, 0.1) is 0 Å². The summed E-state index contributed by atoms with van der Waals surface area (Å²) in [5.41, 5.74) is 5.35. The van der Waals surface area contributed by atoms with Gasteiger partial charge >= 0.3 is 6.36 Å². The van der Waals surface area contributed by atoms with Crippen LogP contribution in [-0.2, 0) is 4.79 Å². The van der Waals surface area contributed by atoms with E-state index in [1.807, 2.05) is 30.3 Å². The van der Waals surface area contributed by atoms with E-state index in [4.69, 9.17) is 0 Å². The van der Waals surface area contributed by atoms with E-state index in [1.165, 1.54) is 42.2 Å². The Balaban J connectivity index is 1.25. The zero-order chi connectivity index (χ0) is 29.4. The number of alkyl halides is 3. The minimum atomic E-state index is -4.76. The molecule has 0 atom stereocenters. The van der Waals surface area contributed by atoms with Crippen molar-refractivity contribution in [2.24, 2.45) is 10.2 Å². The van der Waals surface area contributed by atoms with Crippen molar-refractivity contribution in [3.63, 3.8) is 0 Å². The Bertz CT molecular complexity index is 1870. The first-order valence-electron chi connectivity index (χ1n) is 12.8. The van der Waals surface area contributed by atoms with Gasteiger partial charge in [-0.3, -0.25) is 14.3 Å². The number of rotatable bonds is 6. The van der Waals surface area contributed by atoms with Crippen LogP contribution in [-0.4, -0.2) is 48.9 Å². The Morgan fingerprint density at radius 2 is 1.81 bits per heavy atom. The van der Waals surface area contributed by atoms with Crippen LogP contribution in [0.3, 0.4) is 0 Å². The number of carbonyl (C=O) groups is 1. The highest BCUT2D eigenvalue weighted by molar-refractivity contribution is 8.15. The minimum Gasteiger partial charge on any atom is -0.406 e. The maximum atomic E-state index is 12.7. The van der Waals surface area contributed by atoms with E-state index >= 15 is 0 Å². The molecule has 0 saturated carbocycles. The van der Waals surface area contributed by atoms with E-state index < -0.39 is 6.36 Å². The maximum Gasteiger partial charge on any atom is 0.573 e. The van der Waals surface area contributed by atoms with Gasteiger partial charge < -0.3 is 4.74 Å². The van der Waals surface area contributed by atoms with Crippen LogP contribution in [0.2, 0.25) is 0 Å². The van der Waals surface area contributed by atoms with Crippen LogP contribution in [0.15, 0.2) is 83.4 Å². The molecule has 3 heterocycles. The third-order valence-corrected chi connectivity index (χ3v) is 7.41. The van der Waals surface area contributed by atoms with Crippen molar-refractivity contribution < 1.29 is 22.7 Å². The first-order valence-corrected chi connectivity index (χ1v) is 13.8. The Morgan fingerprint density at radius 3 is 2.57 bits per heavy atom. The molecule has 13 heteroatoms. The van der Waals surface area contributed by atoms with Crippen LogP contribution in [0.5, 0.6) is 5.75 Å². The summed E-state index contributed by atoms with van der Waals surface area (Å²) in [6, 6.07) is 16.9. The van der Waals surface area contributed by atoms with Gasteiger partial charge in [0.25, 0.3) is 0 Å². The number of benzene rings is 3. The number of carbonyl (C=O) groups excluding carboxylic acids is 1. The summed E-state index contributed by atoms with van der Waals surface area (Å²) >= 11 is 1.33. The van der Waals surface area contributed by atoms with Crippen LogP contribution in [0.25, 0.3) is 27.8 Å². The number of ether oxygens (including phenoxy) is 1. The molecule has 1 saturated heterocycles. The smallest absolute Gasteiger partial charge is 0.406 e. The number of amidine groups is 1. The van der Waals surface area contributed by atoms with E-state index in [0.717, 1.165) is 11.3 Å². The molecule has 0 unspecified atom stereocenters. The van der Waals surface area contributed by atoms with E-state index in [0.29, 0.717) is 38.6 Å². The highest BCUT2D eigenvalue weighted by atomic mass is 32.2. The molecule has 6 rings (SSSR count). The Labute approximate surface area is 241 Å². The van der Waals surface area contributed by atoms with Gasteiger partial charge in [0.2, 0.25) is 5.91 Å². The van der Waals surface area contributed by atoms with Crippen molar-refractivity contribution in [2.45, 2.75) is 26.1 Å². The van der Waals surface area contributed by atoms with Crippen molar-refractivity contribution in [1.29, 1.82) is 0 Å². The second kappa shape index (κ2) is 10.9. The minimum absolute atomic E-state index is 0.0541. The molecule has 1 aliphatic rings. The summed E-state index contributed by atoms with van der Waals surface area (Å²) < 4.78 is 43.2. The standard InChI is InChI=1S/C29H22F3N7O2S/c1-17(2)21-5-3-4-6-23(21)39-25(40)15-42-28(39)37-35-14-18-13-33-26-22(36-18)11-12-24-27(26)34-16-38(24)19-7-9-20(10-8-19)41-29(30,31)32/h3-14,16-17H,15H2,1-2H3/b35-14-,37-28+. The van der Waals surface area contributed by atoms with Crippen LogP contribution in [0.1, 0.15) is 31.0 Å². The number of hydrogen-bond acceptors (Lipinski definition) is 8. The van der Waals surface area contributed by atoms with Gasteiger partial charge in [-0.25, -0.2) is 15.0 Å². The molecule has 3 aromatic carbocycles. The number of imidazole rings is 1. The first kappa shape index (κ1) is 27.4. The summed E-state index contributed by atoms with van der Waals surface area (Å²) in [4.78, 5) is 27.9. The van der Waals surface area contributed by atoms with Gasteiger partial charge in [0.1, 0.15) is 28.8 Å². The fourth-order valence-electron chi connectivity index (χ4n) is 4.64. The second-order valence-corrected chi connectivity index (χ2v) is 10.6. The van der Waals surface area contributed by atoms with Crippen molar-refractivity contribution in [2.75, 3.05) is 10.7 Å². The summed E-state index contributed by atoms with van der Waals surface area (Å²) in [6.07, 6.45) is -0.165. The molecular formula is C29H22F3N7O2S. The third kappa shape index (κ3) is 5.42. The van der Waals surface area contributed by atoms with E-state index in [2.05, 4.69) is 43.7 Å². The summed E-state index contributed by atoms with van der Waals surface area (Å²) in [7, 11) is 0. The molecule has 42 heavy (non-hydrogen) atoms. The lowest BCUT2D eigenvalue weighted by Gasteiger charge is -2.20. The lowest BCUT2D eigenvalue weighted by molar-refractivity contribution is -0.274. The molecule has 0 aliphatic carbocycles. The van der Waals surface area contributed by atoms with Gasteiger partial charge in [-0.1, -0.05) is 43.8 Å². The quantitative estimate of drug-likeness (QED) is 0.167. The van der Waals surface area contributed by atoms with Gasteiger partial charge in [0.05, 0.1) is 34.9 Å². The van der Waals surface area contributed by atoms with Gasteiger partial charge in [0, 0.05) is 5.69 Å². The molecule has 0 spiro atoms. The largest absolute Gasteiger partial charge is 0.573 e. The SMILES string of the molecule is CC(C)c1ccccc1N1C(=O)CS/C1=N/N=C\c1cnc2c(ccc3c2ncn3-c2ccc(OC(F)(F)F)cc2)n1. The molecule has 9 nitrogen and oxygen atoms in total. The Hall–Kier alpha value is -4.78. The molecule has 0 bridgehead atoms. The molecule has 0 radical (unpaired) electrons. The normalized spacial score (nSPS) is 15.2. The first-order chi connectivity index (χ1) is 20.2. The van der Waals surface area contributed by atoms with Crippen molar-refractivity contribution in [1.82, 2.24) is 19.5 Å². The van der Waals surface area contributed by atoms with E-state index in [9.17, 15) is 18.0 Å². The number of halogens is 3. The predicted octanol–water partition coefficient (Wildman–Crippen LogP) is 6.46. The van der Waals surface area contributed by atoms with Crippen molar-refractivity contribution in [3.8, 4) is 11.4 Å². The van der Waals surface area contributed by atoms with Crippen LogP contribution in [0.4, 0.5) is 18.9 Å². The van der Waals surface area contributed by atoms with E-state index in [-0.39, 0.29) is 23.3 Å². The van der Waals surface area contributed by atoms with Crippen molar-refractivity contribution >= 4 is 56.8 Å². The molecule has 1 fully saturated rings. The number of fused-ring (bicyclic) bond motifs is 3. The third-order valence-electron chi connectivity index (χ3n) is 6.49. The number of aromatic nitrogens is 4. The number of nitrogens with zero attached hydrogens (tertiary/aromatic N) is 7. The fraction of sp³-hybridized carbons (Fsp3) is 0.172. The van der Waals surface area contributed by atoms with Crippen LogP contribution < -0.4 is 9.64 Å². The summed E-state index contributed by atoms with van der Waals surface area (Å²) in [5, 5.41) is 9.00. The highest BCUT2D eigenvalue weighted by Gasteiger charge is 2.32. The topological polar surface area (TPSA) is 97.9 Å². The maximum absolute atomic E-state index is 12.7. The fourth-order valence-corrected chi connectivity index (χ4v) is 5.46. The van der Waals surface area contributed by atoms with Gasteiger partial charge in [-0.05, 0) is 53.9 Å². The zero-order valence-electron chi connectivity index (χ0n) is 22.3. The summed E-state index contributed by atoms with van der Waals surface area (Å²) in [6.45, 7) is 4.15. The Morgan fingerprint density at radius 1 is 1.02 bits per heavy atom. The lowest BCUT2D eigenvalue weighted by Crippen LogP contribution is -2.30. The highest BCUT2D eigenvalue weighted by Crippen LogP contribution is 2.33. The molecular weight excluding hydrogens is 567 g/mol. The average Bonchev–Trinajstić information content (AvgIpc) is 3.56. The molecule has 2 aromatic heterocycles. The predicted molar refractivity (Wildman–Crippen MR) is 156 cm³/mol. The van der Waals surface area contributed by atoms with Crippen molar-refractivity contribution in [3.05, 3.63) is 84.4 Å². The zero-order valence-corrected chi connectivity index (χ0v) is 23.1. The van der Waals surface area contributed by atoms with E-state index in [1.54, 1.807) is 28.1 Å². The molecule has 1 amide bonds. The molecule has 5 aromatic rings. The van der Waals surface area contributed by atoms with Gasteiger partial charge in [-0.15, -0.1) is 18.3 Å². The van der Waals surface area contributed by atoms with Crippen LogP contribution >= 0.6 is 11.8 Å². The number of thioether (sulfide) groups is 1. The number of amides is 1. The number of para-hydroxylation sites is 1. The van der Waals surface area contributed by atoms with Gasteiger partial charge in [-0.2, -0.15) is 5.10 Å². The number of anilines is 1. The second-order valence-electron chi connectivity index (χ2n) is 9.61. The summed E-state index contributed by atoms with van der Waals surface area (Å²) in [5.74, 6) is 0.151. The molecule has 0 N–H and O–H groups in total. The number of hydrogen-bond donors (Lipinski definition) is 0. The molecule has 212 valence electrons. The Kier molecular flexibility index (Phi) is 7.11. The monoisotopic (exact) mass is 589 g/mol. The lowest BCUT2D eigenvalue weighted by atomic mass is 10.0. The molecule has 1 aliphatic heterocycles. The average molecular weight is 590 g/mol.